The van der Waals surface area contributed by atoms with Gasteiger partial charge in [0.05, 0.1) is 10.7 Å². The van der Waals surface area contributed by atoms with E-state index in [4.69, 9.17) is 10.2 Å². The lowest BCUT2D eigenvalue weighted by atomic mass is 10.1. The summed E-state index contributed by atoms with van der Waals surface area (Å²) in [6, 6.07) is 1.60. The highest BCUT2D eigenvalue weighted by Gasteiger charge is 2.42. The van der Waals surface area contributed by atoms with Gasteiger partial charge in [0.1, 0.15) is 11.8 Å². The predicted molar refractivity (Wildman–Crippen MR) is 63.7 cm³/mol. The van der Waals surface area contributed by atoms with Crippen molar-refractivity contribution in [2.45, 2.75) is 38.4 Å². The van der Waals surface area contributed by atoms with Crippen LogP contribution in [0.15, 0.2) is 21.2 Å². The van der Waals surface area contributed by atoms with Gasteiger partial charge in [-0.25, -0.2) is 0 Å². The number of carbonyl (C=O) groups is 1. The fraction of sp³-hybridized carbons (Fsp3) is 0.545. The Morgan fingerprint density at radius 3 is 2.81 bits per heavy atom. The Kier molecular flexibility index (Phi) is 3.08. The molecule has 0 aromatic carbocycles. The molecule has 2 N–H and O–H groups in total. The summed E-state index contributed by atoms with van der Waals surface area (Å²) >= 11 is 3.41. The number of nitrogens with zero attached hydrogens (tertiary/aromatic N) is 1. The molecule has 1 aromatic heterocycles. The SMILES string of the molecule is CC(C)N1C(=O)CC(N)C1c1occc1Br. The van der Waals surface area contributed by atoms with Crippen molar-refractivity contribution in [2.75, 3.05) is 0 Å². The van der Waals surface area contributed by atoms with E-state index in [0.717, 1.165) is 10.2 Å². The molecule has 0 aliphatic carbocycles. The zero-order valence-corrected chi connectivity index (χ0v) is 10.9. The standard InChI is InChI=1S/C11H15BrN2O2/c1-6(2)14-9(15)5-8(13)10(14)11-7(12)3-4-16-11/h3-4,6,8,10H,5,13H2,1-2H3. The zero-order chi connectivity index (χ0) is 11.9. The average Bonchev–Trinajstić information content (AvgIpc) is 2.69. The van der Waals surface area contributed by atoms with Gasteiger partial charge >= 0.3 is 0 Å². The minimum Gasteiger partial charge on any atom is -0.466 e. The monoisotopic (exact) mass is 286 g/mol. The Bertz CT molecular complexity index is 402. The van der Waals surface area contributed by atoms with Crippen LogP contribution in [0.4, 0.5) is 0 Å². The summed E-state index contributed by atoms with van der Waals surface area (Å²) in [6.07, 6.45) is 1.99. The fourth-order valence-electron chi connectivity index (χ4n) is 2.23. The summed E-state index contributed by atoms with van der Waals surface area (Å²) in [6.45, 7) is 3.97. The quantitative estimate of drug-likeness (QED) is 0.905. The molecule has 1 amide bonds. The van der Waals surface area contributed by atoms with Crippen LogP contribution in [0.3, 0.4) is 0 Å². The lowest BCUT2D eigenvalue weighted by Gasteiger charge is -2.29. The number of rotatable bonds is 2. The van der Waals surface area contributed by atoms with Gasteiger partial charge in [-0.2, -0.15) is 0 Å². The van der Waals surface area contributed by atoms with E-state index in [1.54, 1.807) is 11.2 Å². The summed E-state index contributed by atoms with van der Waals surface area (Å²) in [4.78, 5) is 13.6. The molecule has 1 aromatic rings. The van der Waals surface area contributed by atoms with E-state index in [9.17, 15) is 4.79 Å². The molecule has 1 saturated heterocycles. The van der Waals surface area contributed by atoms with Crippen molar-refractivity contribution in [1.82, 2.24) is 4.90 Å². The third-order valence-electron chi connectivity index (χ3n) is 2.87. The molecular weight excluding hydrogens is 272 g/mol. The molecule has 2 rings (SSSR count). The highest BCUT2D eigenvalue weighted by Crippen LogP contribution is 2.37. The van der Waals surface area contributed by atoms with Gasteiger partial charge in [-0.05, 0) is 35.8 Å². The second-order valence-electron chi connectivity index (χ2n) is 4.34. The molecule has 5 heteroatoms. The summed E-state index contributed by atoms with van der Waals surface area (Å²) in [5, 5.41) is 0. The van der Waals surface area contributed by atoms with Crippen LogP contribution in [-0.2, 0) is 4.79 Å². The van der Waals surface area contributed by atoms with Gasteiger partial charge in [0.15, 0.2) is 0 Å². The summed E-state index contributed by atoms with van der Waals surface area (Å²) < 4.78 is 6.30. The lowest BCUT2D eigenvalue weighted by Crippen LogP contribution is -2.37. The minimum absolute atomic E-state index is 0.0933. The molecule has 2 atom stereocenters. The first-order valence-electron chi connectivity index (χ1n) is 5.32. The molecule has 0 radical (unpaired) electrons. The maximum atomic E-state index is 11.8. The molecule has 4 nitrogen and oxygen atoms in total. The second-order valence-corrected chi connectivity index (χ2v) is 5.19. The predicted octanol–water partition coefficient (Wildman–Crippen LogP) is 2.05. The lowest BCUT2D eigenvalue weighted by molar-refractivity contribution is -0.130. The van der Waals surface area contributed by atoms with Crippen molar-refractivity contribution in [3.8, 4) is 0 Å². The van der Waals surface area contributed by atoms with Crippen LogP contribution in [0.5, 0.6) is 0 Å². The maximum Gasteiger partial charge on any atom is 0.225 e. The number of nitrogens with two attached hydrogens (primary N) is 1. The summed E-state index contributed by atoms with van der Waals surface area (Å²) in [7, 11) is 0. The number of hydrogen-bond donors (Lipinski definition) is 1. The Labute approximate surface area is 103 Å². The molecule has 2 unspecified atom stereocenters. The van der Waals surface area contributed by atoms with Crippen molar-refractivity contribution in [3.63, 3.8) is 0 Å². The van der Waals surface area contributed by atoms with Crippen LogP contribution in [-0.4, -0.2) is 22.9 Å². The Morgan fingerprint density at radius 1 is 1.62 bits per heavy atom. The van der Waals surface area contributed by atoms with Crippen LogP contribution < -0.4 is 5.73 Å². The molecular formula is C11H15BrN2O2. The summed E-state index contributed by atoms with van der Waals surface area (Å²) in [5.74, 6) is 0.836. The van der Waals surface area contributed by atoms with Crippen LogP contribution in [0.2, 0.25) is 0 Å². The van der Waals surface area contributed by atoms with Crippen molar-refractivity contribution in [1.29, 1.82) is 0 Å². The molecule has 88 valence electrons. The van der Waals surface area contributed by atoms with Gasteiger partial charge in [-0.1, -0.05) is 0 Å². The molecule has 1 fully saturated rings. The number of likely N-dealkylation sites (tertiary alicyclic amines) is 1. The number of halogens is 1. The third-order valence-corrected chi connectivity index (χ3v) is 3.53. The molecule has 0 saturated carbocycles. The normalized spacial score (nSPS) is 25.8. The molecule has 0 bridgehead atoms. The molecule has 1 aliphatic rings. The average molecular weight is 287 g/mol. The minimum atomic E-state index is -0.197. The Morgan fingerprint density at radius 2 is 2.31 bits per heavy atom. The van der Waals surface area contributed by atoms with Crippen LogP contribution >= 0.6 is 15.9 Å². The van der Waals surface area contributed by atoms with Gasteiger partial charge in [-0.15, -0.1) is 0 Å². The molecule has 0 spiro atoms. The topological polar surface area (TPSA) is 59.5 Å². The van der Waals surface area contributed by atoms with E-state index in [-0.39, 0.29) is 24.0 Å². The van der Waals surface area contributed by atoms with Crippen LogP contribution in [0.1, 0.15) is 32.1 Å². The first-order valence-corrected chi connectivity index (χ1v) is 6.11. The molecule has 2 heterocycles. The van der Waals surface area contributed by atoms with Gasteiger partial charge in [0.25, 0.3) is 0 Å². The maximum absolute atomic E-state index is 11.8. The van der Waals surface area contributed by atoms with E-state index in [2.05, 4.69) is 15.9 Å². The largest absolute Gasteiger partial charge is 0.466 e. The number of amides is 1. The Hall–Kier alpha value is -0.810. The third kappa shape index (κ3) is 1.78. The highest BCUT2D eigenvalue weighted by molar-refractivity contribution is 9.10. The van der Waals surface area contributed by atoms with Gasteiger partial charge in [0, 0.05) is 18.5 Å². The fourth-order valence-corrected chi connectivity index (χ4v) is 2.66. The zero-order valence-electron chi connectivity index (χ0n) is 9.31. The van der Waals surface area contributed by atoms with E-state index < -0.39 is 0 Å². The first kappa shape index (κ1) is 11.7. The number of carbonyl (C=O) groups excluding carboxylic acids is 1. The van der Waals surface area contributed by atoms with Crippen LogP contribution in [0.25, 0.3) is 0 Å². The summed E-state index contributed by atoms with van der Waals surface area (Å²) in [5.41, 5.74) is 6.01. The van der Waals surface area contributed by atoms with Crippen LogP contribution in [0, 0.1) is 0 Å². The van der Waals surface area contributed by atoms with Crippen molar-refractivity contribution >= 4 is 21.8 Å². The van der Waals surface area contributed by atoms with Crippen molar-refractivity contribution in [3.05, 3.63) is 22.6 Å². The highest BCUT2D eigenvalue weighted by atomic mass is 79.9. The number of furan rings is 1. The molecule has 1 aliphatic heterocycles. The molecule has 16 heavy (non-hydrogen) atoms. The van der Waals surface area contributed by atoms with E-state index in [0.29, 0.717) is 6.42 Å². The van der Waals surface area contributed by atoms with Gasteiger partial charge < -0.3 is 15.1 Å². The van der Waals surface area contributed by atoms with E-state index in [1.807, 2.05) is 19.9 Å². The Balaban J connectivity index is 2.38. The van der Waals surface area contributed by atoms with Crippen molar-refractivity contribution < 1.29 is 9.21 Å². The smallest absolute Gasteiger partial charge is 0.225 e. The first-order chi connectivity index (χ1) is 7.52. The number of hydrogen-bond acceptors (Lipinski definition) is 3. The second kappa shape index (κ2) is 4.22. The van der Waals surface area contributed by atoms with Gasteiger partial charge in [0.2, 0.25) is 5.91 Å². The van der Waals surface area contributed by atoms with E-state index >= 15 is 0 Å². The van der Waals surface area contributed by atoms with Crippen molar-refractivity contribution in [2.24, 2.45) is 5.73 Å². The van der Waals surface area contributed by atoms with E-state index in [1.165, 1.54) is 0 Å². The van der Waals surface area contributed by atoms with Gasteiger partial charge in [-0.3, -0.25) is 4.79 Å².